The Labute approximate surface area is 125 Å². The largest absolute Gasteiger partial charge is 0.345 e. The first-order chi connectivity index (χ1) is 10.2. The van der Waals surface area contributed by atoms with Gasteiger partial charge in [-0.2, -0.15) is 0 Å². The summed E-state index contributed by atoms with van der Waals surface area (Å²) in [5.41, 5.74) is 0. The molecule has 6 heteroatoms. The molecule has 0 aromatic carbocycles. The van der Waals surface area contributed by atoms with Gasteiger partial charge in [-0.1, -0.05) is 13.3 Å². The van der Waals surface area contributed by atoms with Crippen molar-refractivity contribution in [2.45, 2.75) is 64.6 Å². The van der Waals surface area contributed by atoms with Crippen LogP contribution in [0.25, 0.3) is 0 Å². The van der Waals surface area contributed by atoms with Crippen LogP contribution in [0.3, 0.4) is 0 Å². The van der Waals surface area contributed by atoms with Gasteiger partial charge in [0.15, 0.2) is 5.82 Å². The minimum Gasteiger partial charge on any atom is -0.345 e. The van der Waals surface area contributed by atoms with E-state index in [1.165, 1.54) is 19.3 Å². The first-order valence-corrected chi connectivity index (χ1v) is 8.12. The summed E-state index contributed by atoms with van der Waals surface area (Å²) in [5, 5.41) is 15.0. The second-order valence-electron chi connectivity index (χ2n) is 6.36. The second kappa shape index (κ2) is 6.13. The predicted octanol–water partition coefficient (Wildman–Crippen LogP) is 1.18. The lowest BCUT2D eigenvalue weighted by Gasteiger charge is -2.20. The molecule has 2 aliphatic heterocycles. The SMILES string of the molecule is CC(NC(=O)C1NCCC1C)c1nnc2n1CCCCC2. The molecule has 3 rings (SSSR count). The monoisotopic (exact) mass is 291 g/mol. The number of carbonyl (C=O) groups excluding carboxylic acids is 1. The van der Waals surface area contributed by atoms with E-state index in [0.717, 1.165) is 37.6 Å². The van der Waals surface area contributed by atoms with E-state index in [0.29, 0.717) is 5.92 Å². The zero-order valence-electron chi connectivity index (χ0n) is 12.9. The van der Waals surface area contributed by atoms with Crippen LogP contribution in [0.2, 0.25) is 0 Å². The summed E-state index contributed by atoms with van der Waals surface area (Å²) >= 11 is 0. The fourth-order valence-electron chi connectivity index (χ4n) is 3.38. The molecule has 0 saturated carbocycles. The molecular weight excluding hydrogens is 266 g/mol. The van der Waals surface area contributed by atoms with Crippen molar-refractivity contribution >= 4 is 5.91 Å². The molecule has 0 bridgehead atoms. The molecule has 1 amide bonds. The van der Waals surface area contributed by atoms with Gasteiger partial charge in [-0.25, -0.2) is 0 Å². The van der Waals surface area contributed by atoms with E-state index in [-0.39, 0.29) is 18.0 Å². The van der Waals surface area contributed by atoms with E-state index in [9.17, 15) is 4.79 Å². The molecule has 1 aromatic rings. The van der Waals surface area contributed by atoms with Gasteiger partial charge in [0.25, 0.3) is 0 Å². The average Bonchev–Trinajstić information content (AvgIpc) is 2.99. The summed E-state index contributed by atoms with van der Waals surface area (Å²) in [4.78, 5) is 12.4. The van der Waals surface area contributed by atoms with Crippen molar-refractivity contribution in [3.05, 3.63) is 11.6 Å². The summed E-state index contributed by atoms with van der Waals surface area (Å²) < 4.78 is 2.20. The molecule has 2 N–H and O–H groups in total. The van der Waals surface area contributed by atoms with Gasteiger partial charge in [-0.3, -0.25) is 4.79 Å². The number of rotatable bonds is 3. The molecule has 0 aliphatic carbocycles. The third kappa shape index (κ3) is 2.95. The third-order valence-corrected chi connectivity index (χ3v) is 4.70. The molecule has 3 heterocycles. The molecule has 0 spiro atoms. The molecule has 116 valence electrons. The number of aromatic nitrogens is 3. The molecule has 6 nitrogen and oxygen atoms in total. The maximum absolute atomic E-state index is 12.4. The quantitative estimate of drug-likeness (QED) is 0.877. The number of aryl methyl sites for hydroxylation is 1. The lowest BCUT2D eigenvalue weighted by Crippen LogP contribution is -2.44. The van der Waals surface area contributed by atoms with E-state index >= 15 is 0 Å². The van der Waals surface area contributed by atoms with E-state index < -0.39 is 0 Å². The van der Waals surface area contributed by atoms with Crippen LogP contribution in [0.15, 0.2) is 0 Å². The van der Waals surface area contributed by atoms with E-state index in [2.05, 4.69) is 32.3 Å². The van der Waals surface area contributed by atoms with Crippen LogP contribution in [0.1, 0.15) is 57.2 Å². The van der Waals surface area contributed by atoms with E-state index in [1.807, 2.05) is 6.92 Å². The number of hydrogen-bond acceptors (Lipinski definition) is 4. The van der Waals surface area contributed by atoms with Gasteiger partial charge in [-0.05, 0) is 38.6 Å². The van der Waals surface area contributed by atoms with Crippen molar-refractivity contribution in [2.24, 2.45) is 5.92 Å². The fourth-order valence-corrected chi connectivity index (χ4v) is 3.38. The molecule has 21 heavy (non-hydrogen) atoms. The van der Waals surface area contributed by atoms with Gasteiger partial charge in [0, 0.05) is 13.0 Å². The van der Waals surface area contributed by atoms with Gasteiger partial charge >= 0.3 is 0 Å². The summed E-state index contributed by atoms with van der Waals surface area (Å²) in [6.07, 6.45) is 5.65. The predicted molar refractivity (Wildman–Crippen MR) is 79.7 cm³/mol. The Balaban J connectivity index is 1.69. The number of nitrogens with zero attached hydrogens (tertiary/aromatic N) is 3. The molecule has 2 aliphatic rings. The Hall–Kier alpha value is -1.43. The standard InChI is InChI=1S/C15H25N5O/c1-10-7-8-16-13(10)15(21)17-11(2)14-19-18-12-6-4-3-5-9-20(12)14/h10-11,13,16H,3-9H2,1-2H3,(H,17,21). The van der Waals surface area contributed by atoms with Crippen LogP contribution in [0, 0.1) is 5.92 Å². The molecule has 1 aromatic heterocycles. The van der Waals surface area contributed by atoms with Crippen LogP contribution in [0.5, 0.6) is 0 Å². The summed E-state index contributed by atoms with van der Waals surface area (Å²) in [5.74, 6) is 2.44. The van der Waals surface area contributed by atoms with Crippen LogP contribution in [-0.4, -0.2) is 33.3 Å². The van der Waals surface area contributed by atoms with Crippen molar-refractivity contribution in [1.82, 2.24) is 25.4 Å². The van der Waals surface area contributed by atoms with Crippen LogP contribution in [0.4, 0.5) is 0 Å². The summed E-state index contributed by atoms with van der Waals surface area (Å²) in [7, 11) is 0. The van der Waals surface area contributed by atoms with Gasteiger partial charge in [0.05, 0.1) is 12.1 Å². The number of hydrogen-bond donors (Lipinski definition) is 2. The number of nitrogens with one attached hydrogen (secondary N) is 2. The molecule has 1 fully saturated rings. The maximum Gasteiger partial charge on any atom is 0.237 e. The Kier molecular flexibility index (Phi) is 4.24. The summed E-state index contributed by atoms with van der Waals surface area (Å²) in [6, 6.07) is -0.162. The zero-order chi connectivity index (χ0) is 14.8. The number of amides is 1. The highest BCUT2D eigenvalue weighted by Crippen LogP contribution is 2.20. The van der Waals surface area contributed by atoms with Crippen molar-refractivity contribution in [1.29, 1.82) is 0 Å². The Morgan fingerprint density at radius 3 is 3.00 bits per heavy atom. The third-order valence-electron chi connectivity index (χ3n) is 4.70. The lowest BCUT2D eigenvalue weighted by atomic mass is 10.0. The highest BCUT2D eigenvalue weighted by atomic mass is 16.2. The van der Waals surface area contributed by atoms with Gasteiger partial charge < -0.3 is 15.2 Å². The van der Waals surface area contributed by atoms with Crippen molar-refractivity contribution in [3.63, 3.8) is 0 Å². The fraction of sp³-hybridized carbons (Fsp3) is 0.800. The lowest BCUT2D eigenvalue weighted by molar-refractivity contribution is -0.124. The first kappa shape index (κ1) is 14.5. The molecule has 3 atom stereocenters. The van der Waals surface area contributed by atoms with Crippen LogP contribution in [-0.2, 0) is 17.8 Å². The average molecular weight is 291 g/mol. The van der Waals surface area contributed by atoms with Gasteiger partial charge in [-0.15, -0.1) is 10.2 Å². The topological polar surface area (TPSA) is 71.8 Å². The number of fused-ring (bicyclic) bond motifs is 1. The smallest absolute Gasteiger partial charge is 0.237 e. The highest BCUT2D eigenvalue weighted by Gasteiger charge is 2.31. The molecule has 1 saturated heterocycles. The highest BCUT2D eigenvalue weighted by molar-refractivity contribution is 5.82. The van der Waals surface area contributed by atoms with E-state index in [4.69, 9.17) is 0 Å². The van der Waals surface area contributed by atoms with Gasteiger partial charge in [0.2, 0.25) is 5.91 Å². The Morgan fingerprint density at radius 1 is 1.38 bits per heavy atom. The normalized spacial score (nSPS) is 27.0. The first-order valence-electron chi connectivity index (χ1n) is 8.12. The Bertz CT molecular complexity index is 512. The van der Waals surface area contributed by atoms with E-state index in [1.54, 1.807) is 0 Å². The summed E-state index contributed by atoms with van der Waals surface area (Å²) in [6.45, 7) is 6.02. The van der Waals surface area contributed by atoms with Crippen molar-refractivity contribution in [2.75, 3.05) is 6.54 Å². The molecule has 3 unspecified atom stereocenters. The minimum absolute atomic E-state index is 0.0704. The van der Waals surface area contributed by atoms with Crippen LogP contribution < -0.4 is 10.6 Å². The van der Waals surface area contributed by atoms with Gasteiger partial charge in [0.1, 0.15) is 5.82 Å². The number of carbonyl (C=O) groups is 1. The second-order valence-corrected chi connectivity index (χ2v) is 6.36. The Morgan fingerprint density at radius 2 is 2.24 bits per heavy atom. The van der Waals surface area contributed by atoms with Crippen LogP contribution >= 0.6 is 0 Å². The van der Waals surface area contributed by atoms with Crippen molar-refractivity contribution in [3.8, 4) is 0 Å². The molecule has 0 radical (unpaired) electrons. The maximum atomic E-state index is 12.4. The minimum atomic E-state index is -0.0912. The zero-order valence-corrected chi connectivity index (χ0v) is 12.9. The van der Waals surface area contributed by atoms with Crippen molar-refractivity contribution < 1.29 is 4.79 Å². The molecular formula is C15H25N5O.